The lowest BCUT2D eigenvalue weighted by molar-refractivity contribution is -0.158. The van der Waals surface area contributed by atoms with Crippen LogP contribution >= 0.6 is 0 Å². The summed E-state index contributed by atoms with van der Waals surface area (Å²) in [5.41, 5.74) is 15.7. The molecule has 0 amide bonds. The molecule has 58 heavy (non-hydrogen) atoms. The maximum absolute atomic E-state index is 2.51. The first-order valence-corrected chi connectivity index (χ1v) is 21.7. The molecule has 0 radical (unpaired) electrons. The van der Waals surface area contributed by atoms with Crippen LogP contribution in [0.3, 0.4) is 0 Å². The minimum atomic E-state index is 0.305. The second kappa shape index (κ2) is 14.2. The number of rotatable bonds is 8. The Morgan fingerprint density at radius 1 is 0.517 bits per heavy atom. The van der Waals surface area contributed by atoms with Crippen molar-refractivity contribution in [3.63, 3.8) is 0 Å². The van der Waals surface area contributed by atoms with Gasteiger partial charge in [-0.15, -0.1) is 0 Å². The number of para-hydroxylation sites is 1. The maximum atomic E-state index is 2.51. The molecule has 0 bridgehead atoms. The Labute approximate surface area is 344 Å². The zero-order valence-electron chi connectivity index (χ0n) is 33.7. The van der Waals surface area contributed by atoms with Gasteiger partial charge in [-0.1, -0.05) is 166 Å². The van der Waals surface area contributed by atoms with Crippen molar-refractivity contribution < 1.29 is 0 Å². The molecule has 1 nitrogen and oxygen atoms in total. The van der Waals surface area contributed by atoms with Crippen molar-refractivity contribution in [3.05, 3.63) is 193 Å². The smallest absolute Gasteiger partial charge is 0.0540 e. The van der Waals surface area contributed by atoms with E-state index in [4.69, 9.17) is 0 Å². The molecule has 3 saturated carbocycles. The monoisotopic (exact) mass is 749 g/mol. The SMILES string of the molecule is CC1CC2CC3CC(c4cccc5cccc(-c6ccccc6N(c6ccc(-c7ccccc7)cc6)c6ccc(-c7ccc(C8=CC=CCC8C)cc7)cc6)c45)(C1)C23. The van der Waals surface area contributed by atoms with Crippen LogP contribution in [0.4, 0.5) is 17.1 Å². The van der Waals surface area contributed by atoms with Gasteiger partial charge in [0.25, 0.3) is 0 Å². The molecule has 0 saturated heterocycles. The van der Waals surface area contributed by atoms with Crippen LogP contribution in [0.2, 0.25) is 0 Å². The second-order valence-corrected chi connectivity index (χ2v) is 18.0. The van der Waals surface area contributed by atoms with Gasteiger partial charge in [0.2, 0.25) is 0 Å². The van der Waals surface area contributed by atoms with Crippen molar-refractivity contribution in [2.24, 2.45) is 29.6 Å². The van der Waals surface area contributed by atoms with Crippen molar-refractivity contribution in [1.29, 1.82) is 0 Å². The molecule has 11 rings (SSSR count). The molecular formula is C57H51N. The van der Waals surface area contributed by atoms with Crippen LogP contribution in [0.15, 0.2) is 182 Å². The van der Waals surface area contributed by atoms with Crippen molar-refractivity contribution in [2.45, 2.75) is 51.4 Å². The van der Waals surface area contributed by atoms with E-state index in [1.165, 1.54) is 86.7 Å². The summed E-state index contributed by atoms with van der Waals surface area (Å²) in [6.07, 6.45) is 13.4. The van der Waals surface area contributed by atoms with E-state index in [1.807, 2.05) is 0 Å². The number of hydrogen-bond acceptors (Lipinski definition) is 1. The van der Waals surface area contributed by atoms with Crippen LogP contribution in [0.1, 0.15) is 57.1 Å². The topological polar surface area (TPSA) is 3.24 Å². The van der Waals surface area contributed by atoms with E-state index in [2.05, 4.69) is 201 Å². The van der Waals surface area contributed by atoms with Crippen LogP contribution in [0.25, 0.3) is 49.7 Å². The largest absolute Gasteiger partial charge is 0.310 e. The van der Waals surface area contributed by atoms with Crippen molar-refractivity contribution in [2.75, 3.05) is 4.90 Å². The van der Waals surface area contributed by atoms with Gasteiger partial charge in [-0.25, -0.2) is 0 Å². The third kappa shape index (κ3) is 5.81. The summed E-state index contributed by atoms with van der Waals surface area (Å²) < 4.78 is 0. The molecule has 284 valence electrons. The highest BCUT2D eigenvalue weighted by Gasteiger charge is 2.65. The fraction of sp³-hybridized carbons (Fsp3) is 0.228. The third-order valence-electron chi connectivity index (χ3n) is 14.5. The van der Waals surface area contributed by atoms with Crippen molar-refractivity contribution in [3.8, 4) is 33.4 Å². The molecule has 1 heteroatoms. The summed E-state index contributed by atoms with van der Waals surface area (Å²) >= 11 is 0. The molecule has 6 atom stereocenters. The highest BCUT2D eigenvalue weighted by molar-refractivity contribution is 6.04. The first-order chi connectivity index (χ1) is 28.5. The molecule has 0 heterocycles. The van der Waals surface area contributed by atoms with E-state index in [-0.39, 0.29) is 0 Å². The number of fused-ring (bicyclic) bond motifs is 1. The van der Waals surface area contributed by atoms with E-state index in [1.54, 1.807) is 5.56 Å². The quantitative estimate of drug-likeness (QED) is 0.150. The lowest BCUT2D eigenvalue weighted by atomic mass is 9.34. The Hall–Kier alpha value is -5.92. The molecule has 0 N–H and O–H groups in total. The number of benzene rings is 7. The van der Waals surface area contributed by atoms with Crippen molar-refractivity contribution >= 4 is 33.4 Å². The van der Waals surface area contributed by atoms with Gasteiger partial charge in [-0.3, -0.25) is 0 Å². The van der Waals surface area contributed by atoms with E-state index in [0.717, 1.165) is 41.5 Å². The average Bonchev–Trinajstić information content (AvgIpc) is 3.26. The predicted molar refractivity (Wildman–Crippen MR) is 246 cm³/mol. The van der Waals surface area contributed by atoms with Crippen molar-refractivity contribution in [1.82, 2.24) is 0 Å². The van der Waals surface area contributed by atoms with E-state index in [0.29, 0.717) is 11.3 Å². The third-order valence-corrected chi connectivity index (χ3v) is 14.5. The van der Waals surface area contributed by atoms with Crippen LogP contribution < -0.4 is 4.90 Å². The van der Waals surface area contributed by atoms with Crippen LogP contribution in [0, 0.1) is 29.6 Å². The standard InChI is InChI=1S/C57H51N/c1-38-34-46-35-47-37-57(36-38,56(46)47)53-20-11-16-45-15-10-19-52(55(45)53)51-18-8-9-21-54(51)58(48-30-26-42(27-31-48)40-13-4-3-5-14-40)49-32-28-43(29-33-49)41-22-24-44(25-23-41)50-17-7-6-12-39(50)2/h3-11,13-33,38-39,46-47,56H,12,34-37H2,1-2H3. The summed E-state index contributed by atoms with van der Waals surface area (Å²) in [5, 5.41) is 2.82. The van der Waals surface area contributed by atoms with Crippen LogP contribution in [-0.2, 0) is 5.41 Å². The zero-order chi connectivity index (χ0) is 38.8. The highest BCUT2D eigenvalue weighted by Crippen LogP contribution is 2.72. The second-order valence-electron chi connectivity index (χ2n) is 18.0. The summed E-state index contributed by atoms with van der Waals surface area (Å²) in [5.74, 6) is 4.02. The average molecular weight is 750 g/mol. The molecule has 4 aliphatic carbocycles. The van der Waals surface area contributed by atoms with E-state index in [9.17, 15) is 0 Å². The van der Waals surface area contributed by atoms with Gasteiger partial charge in [0.1, 0.15) is 0 Å². The Bertz CT molecular complexity index is 2680. The summed E-state index contributed by atoms with van der Waals surface area (Å²) in [7, 11) is 0. The molecule has 6 unspecified atom stereocenters. The fourth-order valence-corrected chi connectivity index (χ4v) is 12.0. The van der Waals surface area contributed by atoms with Crippen LogP contribution in [-0.4, -0.2) is 0 Å². The highest BCUT2D eigenvalue weighted by atomic mass is 15.1. The first-order valence-electron chi connectivity index (χ1n) is 21.7. The Balaban J connectivity index is 1.03. The van der Waals surface area contributed by atoms with Crippen LogP contribution in [0.5, 0.6) is 0 Å². The van der Waals surface area contributed by atoms with Gasteiger partial charge in [-0.05, 0) is 153 Å². The van der Waals surface area contributed by atoms with Gasteiger partial charge in [-0.2, -0.15) is 0 Å². The normalized spacial score (nSPS) is 24.3. The number of hydrogen-bond donors (Lipinski definition) is 0. The molecule has 4 aliphatic rings. The lowest BCUT2D eigenvalue weighted by Gasteiger charge is -2.70. The molecular weight excluding hydrogens is 699 g/mol. The molecule has 0 aromatic heterocycles. The fourth-order valence-electron chi connectivity index (χ4n) is 12.0. The Morgan fingerprint density at radius 2 is 1.12 bits per heavy atom. The summed E-state index contributed by atoms with van der Waals surface area (Å²) in [6.45, 7) is 4.84. The summed E-state index contributed by atoms with van der Waals surface area (Å²) in [4.78, 5) is 2.48. The molecule has 0 spiro atoms. The van der Waals surface area contributed by atoms with E-state index < -0.39 is 0 Å². The minimum absolute atomic E-state index is 0.305. The van der Waals surface area contributed by atoms with Gasteiger partial charge >= 0.3 is 0 Å². The Kier molecular flexibility index (Phi) is 8.61. The molecule has 0 aliphatic heterocycles. The molecule has 3 fully saturated rings. The predicted octanol–water partition coefficient (Wildman–Crippen LogP) is 15.6. The summed E-state index contributed by atoms with van der Waals surface area (Å²) in [6, 6.07) is 61.5. The number of nitrogens with zero attached hydrogens (tertiary/aromatic N) is 1. The first kappa shape index (κ1) is 35.3. The maximum Gasteiger partial charge on any atom is 0.0540 e. The van der Waals surface area contributed by atoms with Gasteiger partial charge in [0.05, 0.1) is 5.69 Å². The number of allylic oxidation sites excluding steroid dienone is 4. The minimum Gasteiger partial charge on any atom is -0.310 e. The zero-order valence-corrected chi connectivity index (χ0v) is 33.7. The lowest BCUT2D eigenvalue weighted by Crippen LogP contribution is -2.65. The molecule has 7 aromatic carbocycles. The van der Waals surface area contributed by atoms with Gasteiger partial charge in [0, 0.05) is 16.9 Å². The van der Waals surface area contributed by atoms with E-state index >= 15 is 0 Å². The number of anilines is 3. The van der Waals surface area contributed by atoms with Gasteiger partial charge < -0.3 is 4.90 Å². The molecule has 7 aromatic rings. The van der Waals surface area contributed by atoms with Gasteiger partial charge in [0.15, 0.2) is 0 Å². The Morgan fingerprint density at radius 3 is 1.81 bits per heavy atom.